The Hall–Kier alpha value is -2.37. The fraction of sp³-hybridized carbons (Fsp3) is 0.550. The molecule has 2 aromatic rings. The van der Waals surface area contributed by atoms with Crippen molar-refractivity contribution in [2.45, 2.75) is 46.1 Å². The molecule has 0 saturated carbocycles. The number of amides is 1. The lowest BCUT2D eigenvalue weighted by Gasteiger charge is -2.24. The second kappa shape index (κ2) is 7.89. The number of benzene rings is 1. The summed E-state index contributed by atoms with van der Waals surface area (Å²) in [4.78, 5) is 24.1. The number of carbonyl (C=O) groups excluding carboxylic acids is 1. The zero-order chi connectivity index (χ0) is 18.7. The van der Waals surface area contributed by atoms with Gasteiger partial charge in [-0.1, -0.05) is 13.8 Å². The average molecular weight is 356 g/mol. The zero-order valence-electron chi connectivity index (χ0n) is 16.1. The molecule has 3 rings (SSSR count). The van der Waals surface area contributed by atoms with E-state index < -0.39 is 0 Å². The summed E-state index contributed by atoms with van der Waals surface area (Å²) in [5.74, 6) is 2.10. The van der Waals surface area contributed by atoms with Gasteiger partial charge < -0.3 is 15.0 Å². The van der Waals surface area contributed by atoms with Crippen molar-refractivity contribution in [3.63, 3.8) is 0 Å². The fourth-order valence-corrected chi connectivity index (χ4v) is 3.38. The number of nitrogens with one attached hydrogen (secondary N) is 1. The van der Waals surface area contributed by atoms with Gasteiger partial charge >= 0.3 is 0 Å². The molecule has 26 heavy (non-hydrogen) atoms. The summed E-state index contributed by atoms with van der Waals surface area (Å²) in [6, 6.07) is 5.62. The summed E-state index contributed by atoms with van der Waals surface area (Å²) < 4.78 is 5.29. The van der Waals surface area contributed by atoms with Crippen molar-refractivity contribution in [2.24, 2.45) is 5.92 Å². The summed E-state index contributed by atoms with van der Waals surface area (Å²) >= 11 is 0. The predicted octanol–water partition coefficient (Wildman–Crippen LogP) is 3.08. The number of anilines is 1. The quantitative estimate of drug-likeness (QED) is 0.861. The van der Waals surface area contributed by atoms with E-state index in [2.05, 4.69) is 24.1 Å². The summed E-state index contributed by atoms with van der Waals surface area (Å²) in [7, 11) is 1.65. The van der Waals surface area contributed by atoms with Crippen molar-refractivity contribution in [3.8, 4) is 5.75 Å². The Balaban J connectivity index is 1.81. The molecule has 1 amide bonds. The number of carbonyl (C=O) groups is 1. The lowest BCUT2D eigenvalue weighted by molar-refractivity contribution is -0.122. The first kappa shape index (κ1) is 18.4. The molecule has 0 spiro atoms. The van der Waals surface area contributed by atoms with Crippen molar-refractivity contribution in [3.05, 3.63) is 23.9 Å². The van der Waals surface area contributed by atoms with Crippen LogP contribution in [-0.4, -0.2) is 42.1 Å². The lowest BCUT2D eigenvalue weighted by Crippen LogP contribution is -2.44. The highest BCUT2D eigenvalue weighted by Gasteiger charge is 2.32. The fourth-order valence-electron chi connectivity index (χ4n) is 3.38. The highest BCUT2D eigenvalue weighted by atomic mass is 16.5. The van der Waals surface area contributed by atoms with Gasteiger partial charge in [0.2, 0.25) is 11.9 Å². The molecule has 0 bridgehead atoms. The maximum absolute atomic E-state index is 12.6. The van der Waals surface area contributed by atoms with Crippen LogP contribution in [0.2, 0.25) is 0 Å². The van der Waals surface area contributed by atoms with Crippen molar-refractivity contribution < 1.29 is 9.53 Å². The third-order valence-electron chi connectivity index (χ3n) is 4.91. The number of rotatable bonds is 6. The van der Waals surface area contributed by atoms with Crippen LogP contribution in [0.5, 0.6) is 5.75 Å². The SMILES string of the molecule is COc1ccc2nc(N3CCCC3C(=O)NCCC(C)C)nc(C)c2c1. The maximum Gasteiger partial charge on any atom is 0.242 e. The molecule has 1 aliphatic heterocycles. The van der Waals surface area contributed by atoms with E-state index in [1.165, 1.54) is 0 Å². The van der Waals surface area contributed by atoms with Gasteiger partial charge in [-0.25, -0.2) is 9.97 Å². The second-order valence-corrected chi connectivity index (χ2v) is 7.32. The smallest absolute Gasteiger partial charge is 0.242 e. The summed E-state index contributed by atoms with van der Waals surface area (Å²) in [6.45, 7) is 7.83. The van der Waals surface area contributed by atoms with Crippen LogP contribution < -0.4 is 15.0 Å². The first-order valence-corrected chi connectivity index (χ1v) is 9.36. The van der Waals surface area contributed by atoms with Crippen LogP contribution in [0.1, 0.15) is 38.8 Å². The molecule has 1 unspecified atom stereocenters. The number of aryl methyl sites for hydroxylation is 1. The van der Waals surface area contributed by atoms with Crippen LogP contribution >= 0.6 is 0 Å². The van der Waals surface area contributed by atoms with E-state index in [0.29, 0.717) is 11.9 Å². The van der Waals surface area contributed by atoms with E-state index in [1.807, 2.05) is 30.0 Å². The van der Waals surface area contributed by atoms with Gasteiger partial charge in [0.15, 0.2) is 0 Å². The Kier molecular flexibility index (Phi) is 5.59. The van der Waals surface area contributed by atoms with E-state index in [4.69, 9.17) is 9.72 Å². The van der Waals surface area contributed by atoms with Crippen LogP contribution in [-0.2, 0) is 4.79 Å². The molecule has 1 saturated heterocycles. The van der Waals surface area contributed by atoms with E-state index in [9.17, 15) is 4.79 Å². The summed E-state index contributed by atoms with van der Waals surface area (Å²) in [5.41, 5.74) is 1.77. The Morgan fingerprint density at radius 1 is 1.38 bits per heavy atom. The maximum atomic E-state index is 12.6. The number of hydrogen-bond acceptors (Lipinski definition) is 5. The lowest BCUT2D eigenvalue weighted by atomic mass is 10.1. The summed E-state index contributed by atoms with van der Waals surface area (Å²) in [5, 5.41) is 4.05. The van der Waals surface area contributed by atoms with Gasteiger partial charge in [-0.2, -0.15) is 0 Å². The summed E-state index contributed by atoms with van der Waals surface area (Å²) in [6.07, 6.45) is 2.81. The Morgan fingerprint density at radius 3 is 2.92 bits per heavy atom. The van der Waals surface area contributed by atoms with Crippen molar-refractivity contribution in [2.75, 3.05) is 25.1 Å². The van der Waals surface area contributed by atoms with Crippen LogP contribution in [0.3, 0.4) is 0 Å². The number of ether oxygens (including phenoxy) is 1. The number of methoxy groups -OCH3 is 1. The molecule has 1 aromatic heterocycles. The Labute approximate surface area is 155 Å². The first-order valence-electron chi connectivity index (χ1n) is 9.36. The minimum atomic E-state index is -0.183. The number of aromatic nitrogens is 2. The highest BCUT2D eigenvalue weighted by molar-refractivity contribution is 5.87. The van der Waals surface area contributed by atoms with Crippen LogP contribution in [0.15, 0.2) is 18.2 Å². The number of nitrogens with zero attached hydrogens (tertiary/aromatic N) is 3. The molecule has 6 heteroatoms. The van der Waals surface area contributed by atoms with Gasteiger partial charge in [-0.15, -0.1) is 0 Å². The van der Waals surface area contributed by atoms with Crippen LogP contribution in [0.25, 0.3) is 10.9 Å². The second-order valence-electron chi connectivity index (χ2n) is 7.32. The monoisotopic (exact) mass is 356 g/mol. The Bertz CT molecular complexity index is 791. The van der Waals surface area contributed by atoms with Gasteiger partial charge in [0.05, 0.1) is 18.3 Å². The molecule has 1 fully saturated rings. The largest absolute Gasteiger partial charge is 0.497 e. The van der Waals surface area contributed by atoms with E-state index in [-0.39, 0.29) is 11.9 Å². The predicted molar refractivity (Wildman–Crippen MR) is 104 cm³/mol. The molecule has 2 heterocycles. The van der Waals surface area contributed by atoms with Gasteiger partial charge in [0.1, 0.15) is 11.8 Å². The molecule has 140 valence electrons. The van der Waals surface area contributed by atoms with Crippen molar-refractivity contribution >= 4 is 22.8 Å². The molecule has 0 radical (unpaired) electrons. The minimum absolute atomic E-state index is 0.0826. The normalized spacial score (nSPS) is 17.1. The molecule has 1 aromatic carbocycles. The number of fused-ring (bicyclic) bond motifs is 1. The highest BCUT2D eigenvalue weighted by Crippen LogP contribution is 2.27. The van der Waals surface area contributed by atoms with Crippen molar-refractivity contribution in [1.29, 1.82) is 0 Å². The van der Waals surface area contributed by atoms with Crippen LogP contribution in [0.4, 0.5) is 5.95 Å². The molecular formula is C20H28N4O2. The molecule has 1 atom stereocenters. The first-order chi connectivity index (χ1) is 12.5. The van der Waals surface area contributed by atoms with Gasteiger partial charge in [0.25, 0.3) is 0 Å². The third kappa shape index (κ3) is 3.89. The number of hydrogen-bond donors (Lipinski definition) is 1. The van der Waals surface area contributed by atoms with Crippen molar-refractivity contribution in [1.82, 2.24) is 15.3 Å². The van der Waals surface area contributed by atoms with Gasteiger partial charge in [-0.3, -0.25) is 4.79 Å². The van der Waals surface area contributed by atoms with E-state index >= 15 is 0 Å². The topological polar surface area (TPSA) is 67.3 Å². The Morgan fingerprint density at radius 2 is 2.19 bits per heavy atom. The molecule has 1 aliphatic rings. The standard InChI is InChI=1S/C20H28N4O2/c1-13(2)9-10-21-19(25)18-6-5-11-24(18)20-22-14(3)16-12-15(26-4)7-8-17(16)23-20/h7-8,12-13,18H,5-6,9-11H2,1-4H3,(H,21,25). The molecule has 6 nitrogen and oxygen atoms in total. The molecular weight excluding hydrogens is 328 g/mol. The molecule has 0 aliphatic carbocycles. The average Bonchev–Trinajstić information content (AvgIpc) is 3.11. The minimum Gasteiger partial charge on any atom is -0.497 e. The third-order valence-corrected chi connectivity index (χ3v) is 4.91. The van der Waals surface area contributed by atoms with Crippen LogP contribution in [0, 0.1) is 12.8 Å². The zero-order valence-corrected chi connectivity index (χ0v) is 16.1. The van der Waals surface area contributed by atoms with E-state index in [1.54, 1.807) is 7.11 Å². The van der Waals surface area contributed by atoms with E-state index in [0.717, 1.165) is 54.7 Å². The van der Waals surface area contributed by atoms with Gasteiger partial charge in [0, 0.05) is 18.5 Å². The molecule has 1 N–H and O–H groups in total. The van der Waals surface area contributed by atoms with Gasteiger partial charge in [-0.05, 0) is 50.3 Å².